The second-order valence-corrected chi connectivity index (χ2v) is 5.67. The lowest BCUT2D eigenvalue weighted by molar-refractivity contribution is 0.486. The monoisotopic (exact) mass is 339 g/mol. The molecule has 0 saturated carbocycles. The van der Waals surface area contributed by atoms with E-state index in [0.717, 1.165) is 21.7 Å². The highest BCUT2D eigenvalue weighted by molar-refractivity contribution is 9.10. The van der Waals surface area contributed by atoms with Gasteiger partial charge < -0.3 is 5.32 Å². The summed E-state index contributed by atoms with van der Waals surface area (Å²) in [7, 11) is 1.82. The fourth-order valence-corrected chi connectivity index (χ4v) is 2.66. The average molecular weight is 340 g/mol. The van der Waals surface area contributed by atoms with Crippen molar-refractivity contribution >= 4 is 15.9 Å². The summed E-state index contributed by atoms with van der Waals surface area (Å²) in [4.78, 5) is 0. The van der Waals surface area contributed by atoms with Crippen molar-refractivity contribution in [3.05, 3.63) is 69.2 Å². The lowest BCUT2D eigenvalue weighted by Gasteiger charge is -2.20. The Kier molecular flexibility index (Phi) is 4.89. The van der Waals surface area contributed by atoms with Gasteiger partial charge in [-0.2, -0.15) is 0 Å². The molecule has 0 aliphatic rings. The van der Waals surface area contributed by atoms with E-state index in [1.165, 1.54) is 6.07 Å². The molecule has 4 heteroatoms. The van der Waals surface area contributed by atoms with E-state index >= 15 is 0 Å². The number of aryl methyl sites for hydroxylation is 1. The van der Waals surface area contributed by atoms with Gasteiger partial charge in [0.25, 0.3) is 0 Å². The highest BCUT2D eigenvalue weighted by Crippen LogP contribution is 2.26. The molecule has 1 nitrogen and oxygen atoms in total. The van der Waals surface area contributed by atoms with Gasteiger partial charge in [0, 0.05) is 10.5 Å². The van der Waals surface area contributed by atoms with E-state index in [1.54, 1.807) is 6.07 Å². The Balaban J connectivity index is 2.34. The minimum Gasteiger partial charge on any atom is -0.313 e. The molecule has 1 N–H and O–H groups in total. The molecule has 2 aromatic rings. The Labute approximate surface area is 126 Å². The molecule has 1 unspecified atom stereocenters. The van der Waals surface area contributed by atoms with Gasteiger partial charge in [-0.25, -0.2) is 8.78 Å². The van der Waals surface area contributed by atoms with Gasteiger partial charge in [0.05, 0.1) is 0 Å². The van der Waals surface area contributed by atoms with Crippen molar-refractivity contribution in [1.82, 2.24) is 5.32 Å². The smallest absolute Gasteiger partial charge is 0.162 e. The van der Waals surface area contributed by atoms with Crippen LogP contribution in [0.15, 0.2) is 40.9 Å². The molecule has 0 heterocycles. The fraction of sp³-hybridized carbons (Fsp3) is 0.250. The van der Waals surface area contributed by atoms with E-state index in [4.69, 9.17) is 0 Å². The van der Waals surface area contributed by atoms with Gasteiger partial charge in [-0.1, -0.05) is 34.1 Å². The maximum absolute atomic E-state index is 13.8. The van der Waals surface area contributed by atoms with E-state index in [2.05, 4.69) is 21.2 Å². The predicted octanol–water partition coefficient (Wildman–Crippen LogP) is 4.54. The first-order chi connectivity index (χ1) is 9.52. The molecule has 0 fully saturated rings. The zero-order chi connectivity index (χ0) is 14.7. The quantitative estimate of drug-likeness (QED) is 0.862. The highest BCUT2D eigenvalue weighted by atomic mass is 79.9. The molecule has 106 valence electrons. The third-order valence-electron chi connectivity index (χ3n) is 3.42. The molecule has 2 rings (SSSR count). The molecule has 0 aliphatic carbocycles. The van der Waals surface area contributed by atoms with Crippen molar-refractivity contribution in [3.8, 4) is 0 Å². The predicted molar refractivity (Wildman–Crippen MR) is 80.7 cm³/mol. The van der Waals surface area contributed by atoms with Crippen LogP contribution in [-0.4, -0.2) is 7.05 Å². The number of halogens is 3. The zero-order valence-corrected chi connectivity index (χ0v) is 13.0. The van der Waals surface area contributed by atoms with Crippen molar-refractivity contribution in [2.75, 3.05) is 7.05 Å². The molecule has 2 aromatic carbocycles. The van der Waals surface area contributed by atoms with Crippen molar-refractivity contribution in [2.45, 2.75) is 19.4 Å². The van der Waals surface area contributed by atoms with Crippen LogP contribution in [0.3, 0.4) is 0 Å². The summed E-state index contributed by atoms with van der Waals surface area (Å²) < 4.78 is 28.0. The summed E-state index contributed by atoms with van der Waals surface area (Å²) in [6.45, 7) is 2.01. The lowest BCUT2D eigenvalue weighted by Crippen LogP contribution is -2.20. The van der Waals surface area contributed by atoms with Gasteiger partial charge in [-0.3, -0.25) is 0 Å². The molecule has 0 spiro atoms. The third-order valence-corrected chi connectivity index (χ3v) is 3.91. The van der Waals surface area contributed by atoms with Crippen LogP contribution >= 0.6 is 15.9 Å². The van der Waals surface area contributed by atoms with Gasteiger partial charge in [-0.15, -0.1) is 0 Å². The Bertz CT molecular complexity index is 613. The van der Waals surface area contributed by atoms with E-state index in [9.17, 15) is 8.78 Å². The number of benzene rings is 2. The first kappa shape index (κ1) is 15.1. The minimum atomic E-state index is -0.802. The summed E-state index contributed by atoms with van der Waals surface area (Å²) in [5.74, 6) is -1.57. The Morgan fingerprint density at radius 1 is 1.20 bits per heavy atom. The van der Waals surface area contributed by atoms with Gasteiger partial charge in [0.15, 0.2) is 11.6 Å². The van der Waals surface area contributed by atoms with Crippen LogP contribution in [0.2, 0.25) is 0 Å². The van der Waals surface area contributed by atoms with Crippen molar-refractivity contribution in [1.29, 1.82) is 0 Å². The van der Waals surface area contributed by atoms with Crippen LogP contribution in [0.25, 0.3) is 0 Å². The SMILES string of the molecule is CNC(Cc1cccc(F)c1F)c1cc(Br)ccc1C. The summed E-state index contributed by atoms with van der Waals surface area (Å²) in [5.41, 5.74) is 2.57. The van der Waals surface area contributed by atoms with Crippen LogP contribution in [-0.2, 0) is 6.42 Å². The van der Waals surface area contributed by atoms with Crippen LogP contribution in [0.1, 0.15) is 22.7 Å². The molecule has 0 aromatic heterocycles. The highest BCUT2D eigenvalue weighted by Gasteiger charge is 2.16. The van der Waals surface area contributed by atoms with Gasteiger partial charge in [-0.05, 0) is 55.3 Å². The summed E-state index contributed by atoms with van der Waals surface area (Å²) in [5, 5.41) is 3.17. The van der Waals surface area contributed by atoms with Gasteiger partial charge in [0.2, 0.25) is 0 Å². The average Bonchev–Trinajstić information content (AvgIpc) is 2.43. The first-order valence-corrected chi connectivity index (χ1v) is 7.18. The standard InChI is InChI=1S/C16H16BrF2N/c1-10-6-7-12(17)9-13(10)15(20-2)8-11-4-3-5-14(18)16(11)19/h3-7,9,15,20H,8H2,1-2H3. The maximum atomic E-state index is 13.8. The van der Waals surface area contributed by atoms with Gasteiger partial charge >= 0.3 is 0 Å². The van der Waals surface area contributed by atoms with Crippen LogP contribution in [0, 0.1) is 18.6 Å². The van der Waals surface area contributed by atoms with Crippen molar-refractivity contribution in [2.24, 2.45) is 0 Å². The Morgan fingerprint density at radius 3 is 2.65 bits per heavy atom. The maximum Gasteiger partial charge on any atom is 0.162 e. The number of rotatable bonds is 4. The topological polar surface area (TPSA) is 12.0 Å². The van der Waals surface area contributed by atoms with E-state index < -0.39 is 11.6 Å². The molecule has 1 atom stereocenters. The molecule has 0 saturated heterocycles. The molecule has 0 amide bonds. The van der Waals surface area contributed by atoms with E-state index in [0.29, 0.717) is 12.0 Å². The number of likely N-dealkylation sites (N-methyl/N-ethyl adjacent to an activating group) is 1. The lowest BCUT2D eigenvalue weighted by atomic mass is 9.95. The summed E-state index contributed by atoms with van der Waals surface area (Å²) in [6.07, 6.45) is 0.400. The second-order valence-electron chi connectivity index (χ2n) is 4.76. The Morgan fingerprint density at radius 2 is 1.95 bits per heavy atom. The van der Waals surface area contributed by atoms with E-state index in [1.807, 2.05) is 32.2 Å². The number of nitrogens with one attached hydrogen (secondary N) is 1. The molecular weight excluding hydrogens is 324 g/mol. The van der Waals surface area contributed by atoms with Crippen molar-refractivity contribution in [3.63, 3.8) is 0 Å². The normalized spacial score (nSPS) is 12.4. The van der Waals surface area contributed by atoms with Crippen LogP contribution < -0.4 is 5.32 Å². The number of hydrogen-bond acceptors (Lipinski definition) is 1. The molecule has 20 heavy (non-hydrogen) atoms. The largest absolute Gasteiger partial charge is 0.313 e. The summed E-state index contributed by atoms with van der Waals surface area (Å²) >= 11 is 3.44. The van der Waals surface area contributed by atoms with Gasteiger partial charge in [0.1, 0.15) is 0 Å². The second kappa shape index (κ2) is 6.46. The summed E-state index contributed by atoms with van der Waals surface area (Å²) in [6, 6.07) is 10.2. The fourth-order valence-electron chi connectivity index (χ4n) is 2.28. The zero-order valence-electron chi connectivity index (χ0n) is 11.4. The molecule has 0 bridgehead atoms. The Hall–Kier alpha value is -1.26. The minimum absolute atomic E-state index is 0.0659. The molecule has 0 aliphatic heterocycles. The van der Waals surface area contributed by atoms with Crippen LogP contribution in [0.4, 0.5) is 8.78 Å². The molecule has 0 radical (unpaired) electrons. The number of hydrogen-bond donors (Lipinski definition) is 1. The van der Waals surface area contributed by atoms with Crippen molar-refractivity contribution < 1.29 is 8.78 Å². The first-order valence-electron chi connectivity index (χ1n) is 6.39. The van der Waals surface area contributed by atoms with E-state index in [-0.39, 0.29) is 6.04 Å². The molecular formula is C16H16BrF2N. The van der Waals surface area contributed by atoms with Crippen LogP contribution in [0.5, 0.6) is 0 Å². The third kappa shape index (κ3) is 3.25.